The quantitative estimate of drug-likeness (QED) is 0.185. The number of rotatable bonds is 7. The summed E-state index contributed by atoms with van der Waals surface area (Å²) < 4.78 is 36.2. The third kappa shape index (κ3) is 6.00. The molecular weight excluding hydrogens is 497 g/mol. The first-order chi connectivity index (χ1) is 17.7. The number of nitrogens with one attached hydrogen (secondary N) is 2. The Morgan fingerprint density at radius 3 is 2.24 bits per heavy atom. The second kappa shape index (κ2) is 11.0. The number of carbonyl (C=O) groups excluding carboxylic acids is 2. The molecule has 10 heteroatoms. The van der Waals surface area contributed by atoms with Crippen molar-refractivity contribution in [1.82, 2.24) is 0 Å². The summed E-state index contributed by atoms with van der Waals surface area (Å²) in [4.78, 5) is 24.8. The van der Waals surface area contributed by atoms with Crippen LogP contribution in [0.5, 0.6) is 5.75 Å². The summed E-state index contributed by atoms with van der Waals surface area (Å²) in [6, 6.07) is 23.1. The third-order valence-corrected chi connectivity index (χ3v) is 6.07. The number of carbonyl (C=O) groups is 2. The Morgan fingerprint density at radius 1 is 0.892 bits per heavy atom. The van der Waals surface area contributed by atoms with Crippen molar-refractivity contribution in [2.24, 2.45) is 0 Å². The van der Waals surface area contributed by atoms with Gasteiger partial charge in [0, 0.05) is 29.4 Å². The van der Waals surface area contributed by atoms with Gasteiger partial charge in [-0.15, -0.1) is 0 Å². The smallest absolute Gasteiger partial charge is 0.266 e. The molecule has 1 atom stereocenters. The molecule has 0 saturated carbocycles. The van der Waals surface area contributed by atoms with Gasteiger partial charge in [-0.1, -0.05) is 36.4 Å². The fourth-order valence-corrected chi connectivity index (χ4v) is 4.32. The van der Waals surface area contributed by atoms with Crippen molar-refractivity contribution in [3.8, 4) is 16.9 Å². The van der Waals surface area contributed by atoms with E-state index < -0.39 is 23.0 Å². The molecule has 8 nitrogen and oxygen atoms in total. The minimum atomic E-state index is -2.61. The largest absolute Gasteiger partial charge is 0.506 e. The normalized spacial score (nSPS) is 11.4. The van der Waals surface area contributed by atoms with Gasteiger partial charge in [-0.05, 0) is 60.2 Å². The van der Waals surface area contributed by atoms with E-state index in [1.165, 1.54) is 37.3 Å². The van der Waals surface area contributed by atoms with Crippen molar-refractivity contribution in [2.75, 3.05) is 14.9 Å². The fraction of sp³-hybridized carbons (Fsp3) is 0.0370. The predicted molar refractivity (Wildman–Crippen MR) is 142 cm³/mol. The van der Waals surface area contributed by atoms with E-state index in [0.29, 0.717) is 5.69 Å². The number of halogens is 1. The maximum Gasteiger partial charge on any atom is 0.266 e. The average molecular weight is 520 g/mol. The zero-order valence-corrected chi connectivity index (χ0v) is 20.3. The van der Waals surface area contributed by atoms with Crippen LogP contribution in [0.25, 0.3) is 11.1 Å². The molecule has 0 saturated heterocycles. The van der Waals surface area contributed by atoms with E-state index in [2.05, 4.69) is 10.6 Å². The molecule has 188 valence electrons. The summed E-state index contributed by atoms with van der Waals surface area (Å²) in [6.45, 7) is 1.37. The Labute approximate surface area is 214 Å². The van der Waals surface area contributed by atoms with Gasteiger partial charge < -0.3 is 15.7 Å². The maximum absolute atomic E-state index is 13.3. The Bertz CT molecular complexity index is 1480. The highest BCUT2D eigenvalue weighted by Crippen LogP contribution is 2.36. The lowest BCUT2D eigenvalue weighted by Crippen LogP contribution is -2.20. The lowest BCUT2D eigenvalue weighted by atomic mass is 10.0. The minimum Gasteiger partial charge on any atom is -0.506 e. The van der Waals surface area contributed by atoms with Crippen molar-refractivity contribution >= 4 is 45.8 Å². The van der Waals surface area contributed by atoms with Crippen LogP contribution in [0.1, 0.15) is 17.3 Å². The van der Waals surface area contributed by atoms with Crippen LogP contribution in [-0.4, -0.2) is 25.7 Å². The zero-order valence-electron chi connectivity index (χ0n) is 19.5. The third-order valence-electron chi connectivity index (χ3n) is 5.35. The highest BCUT2D eigenvalue weighted by Gasteiger charge is 2.20. The van der Waals surface area contributed by atoms with E-state index in [-0.39, 0.29) is 34.3 Å². The molecule has 0 heterocycles. The summed E-state index contributed by atoms with van der Waals surface area (Å²) in [7, 11) is 0. The molecule has 2 amide bonds. The van der Waals surface area contributed by atoms with E-state index in [1.807, 2.05) is 30.3 Å². The van der Waals surface area contributed by atoms with E-state index in [4.69, 9.17) is 0 Å². The molecular formula is C27H22FN3O5S. The van der Waals surface area contributed by atoms with Gasteiger partial charge in [0.2, 0.25) is 5.91 Å². The minimum absolute atomic E-state index is 0.0800. The molecule has 0 radical (unpaired) electrons. The van der Waals surface area contributed by atoms with Gasteiger partial charge in [-0.2, -0.15) is 0 Å². The Kier molecular flexibility index (Phi) is 7.61. The number of hydrogen-bond donors (Lipinski definition) is 4. The molecule has 0 aliphatic rings. The van der Waals surface area contributed by atoms with E-state index >= 15 is 0 Å². The first-order valence-electron chi connectivity index (χ1n) is 11.0. The SMILES string of the molecule is CC(=O)Nc1cc(C(=O)Nc2ccc(O)c(N(c3ccc(F)cc3)S(=O)O)c2)ccc1-c1ccccc1. The number of nitrogens with zero attached hydrogens (tertiary/aromatic N) is 1. The zero-order chi connectivity index (χ0) is 26.5. The van der Waals surface area contributed by atoms with E-state index in [0.717, 1.165) is 27.6 Å². The van der Waals surface area contributed by atoms with Crippen molar-refractivity contribution < 1.29 is 27.8 Å². The van der Waals surface area contributed by atoms with Crippen LogP contribution in [0.3, 0.4) is 0 Å². The van der Waals surface area contributed by atoms with Gasteiger partial charge in [-0.3, -0.25) is 14.1 Å². The van der Waals surface area contributed by atoms with Crippen molar-refractivity contribution in [1.29, 1.82) is 0 Å². The Hall–Kier alpha value is -4.54. The molecule has 0 aliphatic carbocycles. The van der Waals surface area contributed by atoms with Crippen LogP contribution < -0.4 is 14.9 Å². The highest BCUT2D eigenvalue weighted by molar-refractivity contribution is 7.81. The predicted octanol–water partition coefficient (Wildman–Crippen LogP) is 5.68. The lowest BCUT2D eigenvalue weighted by molar-refractivity contribution is -0.114. The molecule has 0 aliphatic heterocycles. The van der Waals surface area contributed by atoms with Crippen molar-refractivity contribution in [3.63, 3.8) is 0 Å². The standard InChI is InChI=1S/C27H22FN3O5S/c1-17(32)29-24-15-19(7-13-23(24)18-5-3-2-4-6-18)27(34)30-21-10-14-26(33)25(16-21)31(37(35)36)22-11-8-20(28)9-12-22/h2-16,33H,1H3,(H,29,32)(H,30,34)(H,35,36). The topological polar surface area (TPSA) is 119 Å². The summed E-state index contributed by atoms with van der Waals surface area (Å²) >= 11 is -2.61. The van der Waals surface area contributed by atoms with E-state index in [1.54, 1.807) is 18.2 Å². The summed E-state index contributed by atoms with van der Waals surface area (Å²) in [5, 5.41) is 15.8. The van der Waals surface area contributed by atoms with Crippen LogP contribution in [0, 0.1) is 5.82 Å². The molecule has 0 fully saturated rings. The van der Waals surface area contributed by atoms with Crippen LogP contribution in [0.2, 0.25) is 0 Å². The second-order valence-corrected chi connectivity index (χ2v) is 8.79. The maximum atomic E-state index is 13.3. The molecule has 0 spiro atoms. The molecule has 4 N–H and O–H groups in total. The van der Waals surface area contributed by atoms with Crippen LogP contribution in [-0.2, 0) is 16.1 Å². The van der Waals surface area contributed by atoms with Crippen molar-refractivity contribution in [2.45, 2.75) is 6.92 Å². The molecule has 4 aromatic carbocycles. The molecule has 0 bridgehead atoms. The summed E-state index contributed by atoms with van der Waals surface area (Å²) in [5.41, 5.74) is 2.60. The van der Waals surface area contributed by atoms with Crippen LogP contribution in [0.15, 0.2) is 91.0 Å². The monoisotopic (exact) mass is 519 g/mol. The number of anilines is 4. The molecule has 1 unspecified atom stereocenters. The highest BCUT2D eigenvalue weighted by atomic mass is 32.2. The van der Waals surface area contributed by atoms with Gasteiger partial charge in [-0.25, -0.2) is 12.9 Å². The number of amides is 2. The molecule has 0 aromatic heterocycles. The second-order valence-electron chi connectivity index (χ2n) is 7.97. The number of aromatic hydroxyl groups is 1. The number of phenolic OH excluding ortho intramolecular Hbond substituents is 1. The molecule has 4 rings (SSSR count). The van der Waals surface area contributed by atoms with Crippen LogP contribution in [0.4, 0.5) is 27.1 Å². The summed E-state index contributed by atoms with van der Waals surface area (Å²) in [6.07, 6.45) is 0. The number of hydrogen-bond acceptors (Lipinski definition) is 4. The Morgan fingerprint density at radius 2 is 1.59 bits per heavy atom. The first-order valence-corrected chi connectivity index (χ1v) is 12.1. The van der Waals surface area contributed by atoms with Gasteiger partial charge in [0.15, 0.2) is 0 Å². The Balaban J connectivity index is 1.65. The summed E-state index contributed by atoms with van der Waals surface area (Å²) in [5.74, 6) is -1.67. The lowest BCUT2D eigenvalue weighted by Gasteiger charge is -2.22. The first kappa shape index (κ1) is 25.5. The van der Waals surface area contributed by atoms with Crippen molar-refractivity contribution in [3.05, 3.63) is 102 Å². The van der Waals surface area contributed by atoms with E-state index in [9.17, 15) is 27.8 Å². The number of benzene rings is 4. The van der Waals surface area contributed by atoms with Crippen LogP contribution >= 0.6 is 0 Å². The van der Waals surface area contributed by atoms with Gasteiger partial charge in [0.05, 0.1) is 5.69 Å². The number of phenols is 1. The van der Waals surface area contributed by atoms with Gasteiger partial charge in [0.25, 0.3) is 17.2 Å². The average Bonchev–Trinajstić information content (AvgIpc) is 2.87. The van der Waals surface area contributed by atoms with Gasteiger partial charge >= 0.3 is 0 Å². The van der Waals surface area contributed by atoms with Gasteiger partial charge in [0.1, 0.15) is 17.3 Å². The fourth-order valence-electron chi connectivity index (χ4n) is 3.70. The molecule has 37 heavy (non-hydrogen) atoms. The molecule has 4 aromatic rings.